The molecule has 0 amide bonds. The van der Waals surface area contributed by atoms with Crippen LogP contribution in [-0.4, -0.2) is 22.1 Å². The maximum atomic E-state index is 5.91. The number of hydrogen-bond acceptors (Lipinski definition) is 5. The number of nitrogens with one attached hydrogen (secondary N) is 1. The number of aromatic amines is 1. The molecule has 27 heavy (non-hydrogen) atoms. The molecule has 0 unspecified atom stereocenters. The SMILES string of the molecule is COc1ccc2nc(SCc3cc(Oc4ccc(C)cc4)ccn3)[nH]c2c1. The number of nitrogens with zero attached hydrogens (tertiary/aromatic N) is 2. The van der Waals surface area contributed by atoms with Gasteiger partial charge in [-0.3, -0.25) is 4.98 Å². The molecule has 0 aliphatic heterocycles. The molecule has 4 aromatic rings. The van der Waals surface area contributed by atoms with Gasteiger partial charge < -0.3 is 14.5 Å². The summed E-state index contributed by atoms with van der Waals surface area (Å²) in [6.45, 7) is 2.06. The van der Waals surface area contributed by atoms with Gasteiger partial charge in [-0.1, -0.05) is 29.5 Å². The summed E-state index contributed by atoms with van der Waals surface area (Å²) >= 11 is 1.60. The maximum Gasteiger partial charge on any atom is 0.166 e. The molecule has 136 valence electrons. The third-order valence-corrected chi connectivity index (χ3v) is 4.98. The Kier molecular flexibility index (Phi) is 4.98. The minimum atomic E-state index is 0.696. The smallest absolute Gasteiger partial charge is 0.166 e. The van der Waals surface area contributed by atoms with E-state index in [1.807, 2.05) is 54.6 Å². The Hall–Kier alpha value is -2.99. The fourth-order valence-corrected chi connectivity index (χ4v) is 3.43. The summed E-state index contributed by atoms with van der Waals surface area (Å²) in [5.41, 5.74) is 4.02. The Morgan fingerprint density at radius 3 is 2.59 bits per heavy atom. The highest BCUT2D eigenvalue weighted by atomic mass is 32.2. The highest BCUT2D eigenvalue weighted by Gasteiger charge is 2.07. The fourth-order valence-electron chi connectivity index (χ4n) is 2.64. The van der Waals surface area contributed by atoms with Crippen molar-refractivity contribution in [2.45, 2.75) is 17.8 Å². The highest BCUT2D eigenvalue weighted by Crippen LogP contribution is 2.27. The van der Waals surface area contributed by atoms with E-state index in [-0.39, 0.29) is 0 Å². The minimum Gasteiger partial charge on any atom is -0.497 e. The number of rotatable bonds is 6. The average molecular weight is 377 g/mol. The standard InChI is InChI=1S/C21H19N3O2S/c1-14-3-5-16(6-4-14)26-18-9-10-22-15(11-18)13-27-21-23-19-8-7-17(25-2)12-20(19)24-21/h3-12H,13H2,1-2H3,(H,23,24). The number of pyridine rings is 1. The van der Waals surface area contributed by atoms with E-state index in [2.05, 4.69) is 21.9 Å². The highest BCUT2D eigenvalue weighted by molar-refractivity contribution is 7.98. The predicted molar refractivity (Wildman–Crippen MR) is 108 cm³/mol. The molecule has 0 saturated carbocycles. The van der Waals surface area contributed by atoms with Crippen molar-refractivity contribution in [1.29, 1.82) is 0 Å². The van der Waals surface area contributed by atoms with Crippen LogP contribution in [0.4, 0.5) is 0 Å². The molecule has 0 fully saturated rings. The quantitative estimate of drug-likeness (QED) is 0.458. The van der Waals surface area contributed by atoms with Crippen molar-refractivity contribution in [3.8, 4) is 17.2 Å². The summed E-state index contributed by atoms with van der Waals surface area (Å²) in [6.07, 6.45) is 1.77. The lowest BCUT2D eigenvalue weighted by Gasteiger charge is -2.07. The fraction of sp³-hybridized carbons (Fsp3) is 0.143. The van der Waals surface area contributed by atoms with Crippen LogP contribution < -0.4 is 9.47 Å². The van der Waals surface area contributed by atoms with Gasteiger partial charge in [-0.15, -0.1) is 0 Å². The van der Waals surface area contributed by atoms with E-state index >= 15 is 0 Å². The van der Waals surface area contributed by atoms with Crippen LogP contribution >= 0.6 is 11.8 Å². The molecule has 0 saturated heterocycles. The van der Waals surface area contributed by atoms with Crippen LogP contribution in [0.2, 0.25) is 0 Å². The van der Waals surface area contributed by atoms with E-state index < -0.39 is 0 Å². The molecule has 5 nitrogen and oxygen atoms in total. The van der Waals surface area contributed by atoms with Gasteiger partial charge >= 0.3 is 0 Å². The molecule has 0 spiro atoms. The van der Waals surface area contributed by atoms with Crippen LogP contribution in [0.5, 0.6) is 17.2 Å². The van der Waals surface area contributed by atoms with Crippen LogP contribution in [0.3, 0.4) is 0 Å². The van der Waals surface area contributed by atoms with Gasteiger partial charge in [-0.05, 0) is 37.3 Å². The number of aromatic nitrogens is 3. The van der Waals surface area contributed by atoms with Crippen LogP contribution in [-0.2, 0) is 5.75 Å². The molecule has 4 rings (SSSR count). The number of imidazole rings is 1. The van der Waals surface area contributed by atoms with Crippen LogP contribution in [0.15, 0.2) is 66.0 Å². The topological polar surface area (TPSA) is 60.0 Å². The molecular formula is C21H19N3O2S. The summed E-state index contributed by atoms with van der Waals surface area (Å²) in [6, 6.07) is 17.6. The molecule has 2 aromatic heterocycles. The first kappa shape index (κ1) is 17.4. The van der Waals surface area contributed by atoms with Crippen LogP contribution in [0.1, 0.15) is 11.3 Å². The van der Waals surface area contributed by atoms with Gasteiger partial charge in [0.1, 0.15) is 17.2 Å². The number of aryl methyl sites for hydroxylation is 1. The first-order valence-electron chi connectivity index (χ1n) is 8.55. The number of benzene rings is 2. The molecule has 0 atom stereocenters. The van der Waals surface area contributed by atoms with E-state index in [0.717, 1.165) is 39.1 Å². The molecular weight excluding hydrogens is 358 g/mol. The van der Waals surface area contributed by atoms with Gasteiger partial charge in [-0.2, -0.15) is 0 Å². The molecule has 1 N–H and O–H groups in total. The van der Waals surface area contributed by atoms with Crippen molar-refractivity contribution in [2.75, 3.05) is 7.11 Å². The molecule has 6 heteroatoms. The number of H-pyrrole nitrogens is 1. The number of thioether (sulfide) groups is 1. The normalized spacial score (nSPS) is 10.9. The van der Waals surface area contributed by atoms with Gasteiger partial charge in [-0.25, -0.2) is 4.98 Å². The van der Waals surface area contributed by atoms with Crippen molar-refractivity contribution >= 4 is 22.8 Å². The lowest BCUT2D eigenvalue weighted by atomic mass is 10.2. The zero-order valence-corrected chi connectivity index (χ0v) is 15.9. The van der Waals surface area contributed by atoms with E-state index in [1.165, 1.54) is 5.56 Å². The summed E-state index contributed by atoms with van der Waals surface area (Å²) in [7, 11) is 1.66. The zero-order chi connectivity index (χ0) is 18.6. The first-order valence-corrected chi connectivity index (χ1v) is 9.54. The molecule has 0 radical (unpaired) electrons. The lowest BCUT2D eigenvalue weighted by Crippen LogP contribution is -1.90. The average Bonchev–Trinajstić information content (AvgIpc) is 3.10. The van der Waals surface area contributed by atoms with Crippen molar-refractivity contribution < 1.29 is 9.47 Å². The zero-order valence-electron chi connectivity index (χ0n) is 15.1. The molecule has 0 aliphatic rings. The third kappa shape index (κ3) is 4.23. The Morgan fingerprint density at radius 2 is 1.78 bits per heavy atom. The van der Waals surface area contributed by atoms with E-state index in [9.17, 15) is 0 Å². The predicted octanol–water partition coefficient (Wildman–Crippen LogP) is 5.36. The summed E-state index contributed by atoms with van der Waals surface area (Å²) < 4.78 is 11.2. The van der Waals surface area contributed by atoms with E-state index in [0.29, 0.717) is 5.75 Å². The van der Waals surface area contributed by atoms with Crippen LogP contribution in [0.25, 0.3) is 11.0 Å². The van der Waals surface area contributed by atoms with Crippen molar-refractivity contribution in [3.63, 3.8) is 0 Å². The Labute approximate surface area is 161 Å². The molecule has 0 bridgehead atoms. The summed E-state index contributed by atoms with van der Waals surface area (Å²) in [5.74, 6) is 3.10. The molecule has 2 heterocycles. The monoisotopic (exact) mass is 377 g/mol. The van der Waals surface area contributed by atoms with Crippen molar-refractivity contribution in [2.24, 2.45) is 0 Å². The largest absolute Gasteiger partial charge is 0.497 e. The van der Waals surface area contributed by atoms with E-state index in [4.69, 9.17) is 9.47 Å². The second kappa shape index (κ2) is 7.72. The number of fused-ring (bicyclic) bond motifs is 1. The number of hydrogen-bond donors (Lipinski definition) is 1. The van der Waals surface area contributed by atoms with Crippen LogP contribution in [0, 0.1) is 6.92 Å². The second-order valence-electron chi connectivity index (χ2n) is 6.11. The number of ether oxygens (including phenoxy) is 2. The summed E-state index contributed by atoms with van der Waals surface area (Å²) in [5, 5.41) is 0.852. The first-order chi connectivity index (χ1) is 13.2. The molecule has 2 aromatic carbocycles. The van der Waals surface area contributed by atoms with Gasteiger partial charge in [0.2, 0.25) is 0 Å². The van der Waals surface area contributed by atoms with Crippen molar-refractivity contribution in [1.82, 2.24) is 15.0 Å². The van der Waals surface area contributed by atoms with Crippen molar-refractivity contribution in [3.05, 3.63) is 72.1 Å². The van der Waals surface area contributed by atoms with Gasteiger partial charge in [0.15, 0.2) is 5.16 Å². The molecule has 0 aliphatic carbocycles. The van der Waals surface area contributed by atoms with Gasteiger partial charge in [0.25, 0.3) is 0 Å². The minimum absolute atomic E-state index is 0.696. The lowest BCUT2D eigenvalue weighted by molar-refractivity contribution is 0.415. The second-order valence-corrected chi connectivity index (χ2v) is 7.08. The Bertz CT molecular complexity index is 1060. The number of methoxy groups -OCH3 is 1. The summed E-state index contributed by atoms with van der Waals surface area (Å²) in [4.78, 5) is 12.3. The Balaban J connectivity index is 1.44. The Morgan fingerprint density at radius 1 is 0.963 bits per heavy atom. The van der Waals surface area contributed by atoms with E-state index in [1.54, 1.807) is 25.1 Å². The van der Waals surface area contributed by atoms with Gasteiger partial charge in [0.05, 0.1) is 23.8 Å². The third-order valence-electron chi connectivity index (χ3n) is 4.07. The maximum absolute atomic E-state index is 5.91. The van der Waals surface area contributed by atoms with Gasteiger partial charge in [0, 0.05) is 24.1 Å².